The lowest BCUT2D eigenvalue weighted by atomic mass is 10.1. The third-order valence-corrected chi connectivity index (χ3v) is 6.50. The van der Waals surface area contributed by atoms with Crippen LogP contribution in [0, 0.1) is 0 Å². The summed E-state index contributed by atoms with van der Waals surface area (Å²) in [6.07, 6.45) is 2.31. The SMILES string of the molecule is CCC[C@H](C)NC(=O)CN(CCc1ccccc1)S(=O)(=O)c1ccc(Cl)cc1. The summed E-state index contributed by atoms with van der Waals surface area (Å²) in [5, 5.41) is 3.34. The van der Waals surface area contributed by atoms with Crippen molar-refractivity contribution >= 4 is 27.5 Å². The van der Waals surface area contributed by atoms with Crippen LogP contribution in [0.3, 0.4) is 0 Å². The van der Waals surface area contributed by atoms with E-state index in [2.05, 4.69) is 5.32 Å². The van der Waals surface area contributed by atoms with Crippen molar-refractivity contribution in [3.63, 3.8) is 0 Å². The largest absolute Gasteiger partial charge is 0.353 e. The smallest absolute Gasteiger partial charge is 0.243 e. The van der Waals surface area contributed by atoms with Crippen molar-refractivity contribution in [2.24, 2.45) is 0 Å². The lowest BCUT2D eigenvalue weighted by Gasteiger charge is -2.23. The molecule has 5 nitrogen and oxygen atoms in total. The van der Waals surface area contributed by atoms with Gasteiger partial charge in [-0.2, -0.15) is 4.31 Å². The van der Waals surface area contributed by atoms with Crippen molar-refractivity contribution in [3.8, 4) is 0 Å². The van der Waals surface area contributed by atoms with Crippen LogP contribution in [0.15, 0.2) is 59.5 Å². The van der Waals surface area contributed by atoms with Crippen molar-refractivity contribution in [1.29, 1.82) is 0 Å². The Labute approximate surface area is 172 Å². The number of carbonyl (C=O) groups is 1. The lowest BCUT2D eigenvalue weighted by Crippen LogP contribution is -2.44. The monoisotopic (exact) mass is 422 g/mol. The molecule has 1 atom stereocenters. The standard InChI is InChI=1S/C21H27ClN2O3S/c1-3-7-17(2)23-21(25)16-24(15-14-18-8-5-4-6-9-18)28(26,27)20-12-10-19(22)11-13-20/h4-6,8-13,17H,3,7,14-16H2,1-2H3,(H,23,25)/t17-/m0/s1. The van der Waals surface area contributed by atoms with Gasteiger partial charge in [-0.05, 0) is 49.6 Å². The van der Waals surface area contributed by atoms with Crippen molar-refractivity contribution in [2.45, 2.75) is 44.0 Å². The van der Waals surface area contributed by atoms with E-state index in [1.165, 1.54) is 28.6 Å². The molecule has 2 aromatic rings. The van der Waals surface area contributed by atoms with E-state index < -0.39 is 10.0 Å². The van der Waals surface area contributed by atoms with E-state index in [-0.39, 0.29) is 29.9 Å². The first-order chi connectivity index (χ1) is 13.3. The van der Waals surface area contributed by atoms with E-state index >= 15 is 0 Å². The summed E-state index contributed by atoms with van der Waals surface area (Å²) in [5.41, 5.74) is 1.01. The summed E-state index contributed by atoms with van der Waals surface area (Å²) in [6.45, 7) is 3.96. The maximum absolute atomic E-state index is 13.1. The Balaban J connectivity index is 2.19. The molecular formula is C21H27ClN2O3S. The van der Waals surface area contributed by atoms with Gasteiger partial charge in [0.15, 0.2) is 0 Å². The molecule has 7 heteroatoms. The van der Waals surface area contributed by atoms with E-state index in [0.717, 1.165) is 18.4 Å². The molecule has 0 heterocycles. The molecule has 2 rings (SSSR count). The molecule has 0 aromatic heterocycles. The number of halogens is 1. The molecule has 0 fully saturated rings. The van der Waals surface area contributed by atoms with Crippen LogP contribution in [-0.4, -0.2) is 37.8 Å². The lowest BCUT2D eigenvalue weighted by molar-refractivity contribution is -0.121. The summed E-state index contributed by atoms with van der Waals surface area (Å²) in [7, 11) is -3.82. The van der Waals surface area contributed by atoms with Crippen LogP contribution in [0.1, 0.15) is 32.3 Å². The fraction of sp³-hybridized carbons (Fsp3) is 0.381. The van der Waals surface area contributed by atoms with Gasteiger partial charge in [0.05, 0.1) is 11.4 Å². The van der Waals surface area contributed by atoms with Crippen molar-refractivity contribution < 1.29 is 13.2 Å². The zero-order chi connectivity index (χ0) is 20.6. The van der Waals surface area contributed by atoms with Gasteiger partial charge < -0.3 is 5.32 Å². The fourth-order valence-electron chi connectivity index (χ4n) is 2.92. The summed E-state index contributed by atoms with van der Waals surface area (Å²) >= 11 is 5.88. The van der Waals surface area contributed by atoms with Gasteiger partial charge in [0.1, 0.15) is 0 Å². The van der Waals surface area contributed by atoms with Gasteiger partial charge in [-0.1, -0.05) is 55.3 Å². The van der Waals surface area contributed by atoms with Gasteiger partial charge in [0.25, 0.3) is 0 Å². The molecule has 152 valence electrons. The second kappa shape index (κ2) is 10.6. The summed E-state index contributed by atoms with van der Waals surface area (Å²) in [6, 6.07) is 15.6. The predicted molar refractivity (Wildman–Crippen MR) is 113 cm³/mol. The van der Waals surface area contributed by atoms with Crippen molar-refractivity contribution in [3.05, 3.63) is 65.2 Å². The second-order valence-corrected chi connectivity index (χ2v) is 9.16. The Kier molecular flexibility index (Phi) is 8.48. The number of hydrogen-bond donors (Lipinski definition) is 1. The van der Waals surface area contributed by atoms with E-state index in [9.17, 15) is 13.2 Å². The number of rotatable bonds is 10. The van der Waals surface area contributed by atoms with E-state index in [1.807, 2.05) is 44.2 Å². The minimum atomic E-state index is -3.82. The quantitative estimate of drug-likeness (QED) is 0.631. The van der Waals surface area contributed by atoms with Gasteiger partial charge in [-0.3, -0.25) is 4.79 Å². The average Bonchev–Trinajstić information content (AvgIpc) is 2.66. The summed E-state index contributed by atoms with van der Waals surface area (Å²) in [5.74, 6) is -0.299. The first-order valence-electron chi connectivity index (χ1n) is 9.42. The Bertz CT molecular complexity index is 855. The maximum Gasteiger partial charge on any atom is 0.243 e. The van der Waals surface area contributed by atoms with Crippen LogP contribution in [0.25, 0.3) is 0 Å². The van der Waals surface area contributed by atoms with Crippen molar-refractivity contribution in [2.75, 3.05) is 13.1 Å². The topological polar surface area (TPSA) is 66.5 Å². The molecule has 0 spiro atoms. The highest BCUT2D eigenvalue weighted by molar-refractivity contribution is 7.89. The Hall–Kier alpha value is -1.89. The molecular weight excluding hydrogens is 396 g/mol. The molecule has 1 amide bonds. The highest BCUT2D eigenvalue weighted by Crippen LogP contribution is 2.19. The van der Waals surface area contributed by atoms with Gasteiger partial charge in [0, 0.05) is 17.6 Å². The fourth-order valence-corrected chi connectivity index (χ4v) is 4.45. The Morgan fingerprint density at radius 2 is 1.75 bits per heavy atom. The average molecular weight is 423 g/mol. The Morgan fingerprint density at radius 1 is 1.11 bits per heavy atom. The van der Waals surface area contributed by atoms with Gasteiger partial charge in [-0.15, -0.1) is 0 Å². The number of nitrogens with zero attached hydrogens (tertiary/aromatic N) is 1. The molecule has 0 radical (unpaired) electrons. The molecule has 28 heavy (non-hydrogen) atoms. The predicted octanol–water partition coefficient (Wildman–Crippen LogP) is 3.88. The number of carbonyl (C=O) groups excluding carboxylic acids is 1. The minimum Gasteiger partial charge on any atom is -0.353 e. The van der Waals surface area contributed by atoms with Crippen LogP contribution in [0.2, 0.25) is 5.02 Å². The normalized spacial score (nSPS) is 12.7. The van der Waals surface area contributed by atoms with Crippen LogP contribution >= 0.6 is 11.6 Å². The first kappa shape index (κ1) is 22.4. The number of sulfonamides is 1. The van der Waals surface area contributed by atoms with Crippen LogP contribution in [0.5, 0.6) is 0 Å². The van der Waals surface area contributed by atoms with Gasteiger partial charge >= 0.3 is 0 Å². The molecule has 2 aromatic carbocycles. The van der Waals surface area contributed by atoms with Crippen molar-refractivity contribution in [1.82, 2.24) is 9.62 Å². The molecule has 0 aliphatic carbocycles. The highest BCUT2D eigenvalue weighted by atomic mass is 35.5. The van der Waals surface area contributed by atoms with Crippen LogP contribution < -0.4 is 5.32 Å². The first-order valence-corrected chi connectivity index (χ1v) is 11.2. The second-order valence-electron chi connectivity index (χ2n) is 6.79. The van der Waals surface area contributed by atoms with Gasteiger partial charge in [-0.25, -0.2) is 8.42 Å². The molecule has 0 aliphatic rings. The molecule has 0 saturated carbocycles. The number of amides is 1. The Morgan fingerprint density at radius 3 is 2.36 bits per heavy atom. The highest BCUT2D eigenvalue weighted by Gasteiger charge is 2.26. The zero-order valence-electron chi connectivity index (χ0n) is 16.3. The van der Waals surface area contributed by atoms with E-state index in [4.69, 9.17) is 11.6 Å². The van der Waals surface area contributed by atoms with E-state index in [0.29, 0.717) is 11.4 Å². The zero-order valence-corrected chi connectivity index (χ0v) is 17.8. The maximum atomic E-state index is 13.1. The van der Waals surface area contributed by atoms with Crippen LogP contribution in [0.4, 0.5) is 0 Å². The summed E-state index contributed by atoms with van der Waals surface area (Å²) in [4.78, 5) is 12.6. The molecule has 0 unspecified atom stereocenters. The number of benzene rings is 2. The molecule has 1 N–H and O–H groups in total. The van der Waals surface area contributed by atoms with Crippen LogP contribution in [-0.2, 0) is 21.2 Å². The van der Waals surface area contributed by atoms with E-state index in [1.54, 1.807) is 0 Å². The number of hydrogen-bond acceptors (Lipinski definition) is 3. The third-order valence-electron chi connectivity index (χ3n) is 4.39. The molecule has 0 bridgehead atoms. The van der Waals surface area contributed by atoms with Gasteiger partial charge in [0.2, 0.25) is 15.9 Å². The molecule has 0 aliphatic heterocycles. The third kappa shape index (κ3) is 6.62. The summed E-state index contributed by atoms with van der Waals surface area (Å²) < 4.78 is 27.5. The number of nitrogens with one attached hydrogen (secondary N) is 1. The minimum absolute atomic E-state index is 0.00621. The molecule has 0 saturated heterocycles.